The van der Waals surface area contributed by atoms with E-state index in [1.54, 1.807) is 24.3 Å². The van der Waals surface area contributed by atoms with Gasteiger partial charge in [0.2, 0.25) is 0 Å². The van der Waals surface area contributed by atoms with Gasteiger partial charge in [-0.15, -0.1) is 0 Å². The van der Waals surface area contributed by atoms with Gasteiger partial charge < -0.3 is 5.11 Å². The molecular formula is C20H12Br2F2N2O2. The van der Waals surface area contributed by atoms with E-state index in [0.29, 0.717) is 48.4 Å². The van der Waals surface area contributed by atoms with Crippen LogP contribution in [-0.4, -0.2) is 21.4 Å². The summed E-state index contributed by atoms with van der Waals surface area (Å²) in [7, 11) is 0. The van der Waals surface area contributed by atoms with Crippen LogP contribution in [0.5, 0.6) is 0 Å². The highest BCUT2D eigenvalue weighted by Gasteiger charge is 2.05. The van der Waals surface area contributed by atoms with Crippen LogP contribution in [0.1, 0.15) is 16.2 Å². The van der Waals surface area contributed by atoms with Gasteiger partial charge in [-0.2, -0.15) is 0 Å². The van der Waals surface area contributed by atoms with Gasteiger partial charge in [-0.1, -0.05) is 12.1 Å². The third-order valence-corrected chi connectivity index (χ3v) is 4.99. The third kappa shape index (κ3) is 4.57. The molecule has 4 nitrogen and oxygen atoms in total. The fourth-order valence-electron chi connectivity index (χ4n) is 2.52. The van der Waals surface area contributed by atoms with Crippen LogP contribution >= 0.6 is 31.9 Å². The van der Waals surface area contributed by atoms with Crippen LogP contribution in [-0.2, 0) is 6.61 Å². The number of carbonyl (C=O) groups is 1. The van der Waals surface area contributed by atoms with Gasteiger partial charge in [0.05, 0.1) is 23.3 Å². The minimum atomic E-state index is -0.329. The molecule has 0 atom stereocenters. The minimum Gasteiger partial charge on any atom is -0.390 e. The van der Waals surface area contributed by atoms with E-state index in [1.807, 2.05) is 0 Å². The molecule has 8 heteroatoms. The number of rotatable bonds is 2. The maximum Gasteiger partial charge on any atom is 0.168 e. The van der Waals surface area contributed by atoms with Crippen LogP contribution in [0.15, 0.2) is 57.5 Å². The molecule has 28 heavy (non-hydrogen) atoms. The van der Waals surface area contributed by atoms with Crippen molar-refractivity contribution in [2.45, 2.75) is 6.61 Å². The smallest absolute Gasteiger partial charge is 0.168 e. The lowest BCUT2D eigenvalue weighted by Crippen LogP contribution is -1.90. The van der Waals surface area contributed by atoms with Gasteiger partial charge in [0.1, 0.15) is 17.3 Å². The summed E-state index contributed by atoms with van der Waals surface area (Å²) in [4.78, 5) is 18.7. The number of aldehydes is 1. The molecule has 0 aliphatic carbocycles. The molecule has 0 bridgehead atoms. The van der Waals surface area contributed by atoms with Gasteiger partial charge in [-0.3, -0.25) is 4.79 Å². The van der Waals surface area contributed by atoms with Gasteiger partial charge in [0, 0.05) is 19.7 Å². The van der Waals surface area contributed by atoms with E-state index in [4.69, 9.17) is 5.11 Å². The normalized spacial score (nSPS) is 10.6. The molecule has 0 aliphatic heterocycles. The largest absolute Gasteiger partial charge is 0.390 e. The van der Waals surface area contributed by atoms with Gasteiger partial charge in [0.15, 0.2) is 6.29 Å². The van der Waals surface area contributed by atoms with E-state index >= 15 is 0 Å². The van der Waals surface area contributed by atoms with Crippen LogP contribution in [0.3, 0.4) is 0 Å². The molecule has 0 amide bonds. The monoisotopic (exact) mass is 508 g/mol. The van der Waals surface area contributed by atoms with Crippen molar-refractivity contribution in [2.75, 3.05) is 0 Å². The van der Waals surface area contributed by atoms with E-state index in [0.717, 1.165) is 0 Å². The molecule has 2 aromatic carbocycles. The summed E-state index contributed by atoms with van der Waals surface area (Å²) >= 11 is 6.42. The van der Waals surface area contributed by atoms with E-state index in [2.05, 4.69) is 41.8 Å². The number of hydrogen-bond acceptors (Lipinski definition) is 4. The molecule has 0 saturated carbocycles. The molecule has 4 aromatic rings. The van der Waals surface area contributed by atoms with Gasteiger partial charge in [0.25, 0.3) is 0 Å². The Morgan fingerprint density at radius 1 is 0.857 bits per heavy atom. The molecule has 0 aliphatic rings. The van der Waals surface area contributed by atoms with Crippen molar-refractivity contribution in [1.29, 1.82) is 0 Å². The third-order valence-electron chi connectivity index (χ3n) is 3.78. The molecule has 0 fully saturated rings. The Bertz CT molecular complexity index is 1190. The van der Waals surface area contributed by atoms with Crippen molar-refractivity contribution in [3.05, 3.63) is 80.5 Å². The first-order valence-corrected chi connectivity index (χ1v) is 9.56. The highest BCUT2D eigenvalue weighted by molar-refractivity contribution is 9.11. The lowest BCUT2D eigenvalue weighted by Gasteiger charge is -2.02. The number of aliphatic hydroxyl groups is 1. The summed E-state index contributed by atoms with van der Waals surface area (Å²) in [5.74, 6) is -0.632. The minimum absolute atomic E-state index is 0.111. The number of aromatic nitrogens is 2. The second kappa shape index (κ2) is 8.81. The molecule has 0 unspecified atom stereocenters. The zero-order chi connectivity index (χ0) is 20.3. The van der Waals surface area contributed by atoms with E-state index in [-0.39, 0.29) is 18.2 Å². The summed E-state index contributed by atoms with van der Waals surface area (Å²) in [6.45, 7) is -0.111. The Kier molecular flexibility index (Phi) is 6.43. The van der Waals surface area contributed by atoms with Crippen molar-refractivity contribution in [3.63, 3.8) is 0 Å². The number of carbonyl (C=O) groups excluding carboxylic acids is 1. The summed E-state index contributed by atoms with van der Waals surface area (Å²) < 4.78 is 27.1. The summed E-state index contributed by atoms with van der Waals surface area (Å²) in [5.41, 5.74) is 2.17. The topological polar surface area (TPSA) is 63.1 Å². The molecule has 1 N–H and O–H groups in total. The molecular weight excluding hydrogens is 498 g/mol. The maximum atomic E-state index is 13.0. The van der Waals surface area contributed by atoms with Crippen molar-refractivity contribution >= 4 is 60.0 Å². The van der Waals surface area contributed by atoms with Crippen LogP contribution in [0.25, 0.3) is 21.8 Å². The van der Waals surface area contributed by atoms with E-state index in [9.17, 15) is 13.6 Å². The predicted molar refractivity (Wildman–Crippen MR) is 110 cm³/mol. The number of halogens is 4. The van der Waals surface area contributed by atoms with Crippen molar-refractivity contribution in [2.24, 2.45) is 0 Å². The lowest BCUT2D eigenvalue weighted by molar-refractivity contribution is 0.111. The van der Waals surface area contributed by atoms with Crippen LogP contribution < -0.4 is 0 Å². The van der Waals surface area contributed by atoms with Crippen LogP contribution in [0.2, 0.25) is 0 Å². The Hall–Kier alpha value is -2.29. The zero-order valence-electron chi connectivity index (χ0n) is 14.2. The number of nitrogens with zero attached hydrogens (tertiary/aromatic N) is 2. The quantitative estimate of drug-likeness (QED) is 0.358. The molecule has 0 saturated heterocycles. The lowest BCUT2D eigenvalue weighted by atomic mass is 10.2. The second-order valence-electron chi connectivity index (χ2n) is 5.73. The number of hydrogen-bond donors (Lipinski definition) is 1. The molecule has 0 spiro atoms. The maximum absolute atomic E-state index is 13.0. The highest BCUT2D eigenvalue weighted by atomic mass is 79.9. The number of pyridine rings is 2. The Labute approximate surface area is 175 Å². The molecule has 2 aromatic heterocycles. The SMILES string of the molecule is O=Cc1ccc2cc(F)cc(Br)c2n1.OCc1ccc2cc(F)cc(Br)c2n1. The first-order chi connectivity index (χ1) is 13.4. The van der Waals surface area contributed by atoms with Gasteiger partial charge in [-0.05, 0) is 68.3 Å². The Morgan fingerprint density at radius 3 is 1.93 bits per heavy atom. The molecule has 142 valence electrons. The average Bonchev–Trinajstić information content (AvgIpc) is 2.68. The first-order valence-electron chi connectivity index (χ1n) is 7.98. The number of benzene rings is 2. The van der Waals surface area contributed by atoms with Crippen LogP contribution in [0, 0.1) is 11.6 Å². The standard InChI is InChI=1S/C10H7BrFNO.C10H5BrFNO/c2*11-9-4-7(12)3-6-1-2-8(5-14)13-10(6)9/h1-4,14H,5H2;1-5H. The van der Waals surface area contributed by atoms with E-state index < -0.39 is 0 Å². The highest BCUT2D eigenvalue weighted by Crippen LogP contribution is 2.24. The molecule has 0 radical (unpaired) electrons. The van der Waals surface area contributed by atoms with Gasteiger partial charge >= 0.3 is 0 Å². The first kappa shape index (κ1) is 20.4. The fourth-order valence-corrected chi connectivity index (χ4v) is 3.60. The number of aliphatic hydroxyl groups excluding tert-OH is 1. The van der Waals surface area contributed by atoms with Crippen molar-refractivity contribution in [3.8, 4) is 0 Å². The summed E-state index contributed by atoms with van der Waals surface area (Å²) in [6, 6.07) is 12.1. The Morgan fingerprint density at radius 2 is 1.39 bits per heavy atom. The molecule has 4 rings (SSSR count). The summed E-state index contributed by atoms with van der Waals surface area (Å²) in [5, 5.41) is 10.3. The van der Waals surface area contributed by atoms with E-state index in [1.165, 1.54) is 24.3 Å². The van der Waals surface area contributed by atoms with Gasteiger partial charge in [-0.25, -0.2) is 18.7 Å². The predicted octanol–water partition coefficient (Wildman–Crippen LogP) is 5.58. The number of fused-ring (bicyclic) bond motifs is 2. The Balaban J connectivity index is 0.000000161. The van der Waals surface area contributed by atoms with Crippen molar-refractivity contribution < 1.29 is 18.7 Å². The molecule has 2 heterocycles. The average molecular weight is 510 g/mol. The second-order valence-corrected chi connectivity index (χ2v) is 7.44. The van der Waals surface area contributed by atoms with Crippen LogP contribution in [0.4, 0.5) is 8.78 Å². The zero-order valence-corrected chi connectivity index (χ0v) is 17.3. The fraction of sp³-hybridized carbons (Fsp3) is 0.0500. The summed E-state index contributed by atoms with van der Waals surface area (Å²) in [6.07, 6.45) is 0.662. The van der Waals surface area contributed by atoms with Crippen molar-refractivity contribution in [1.82, 2.24) is 9.97 Å².